The van der Waals surface area contributed by atoms with Crippen molar-refractivity contribution < 1.29 is 4.79 Å². The van der Waals surface area contributed by atoms with Gasteiger partial charge in [-0.05, 0) is 36.8 Å². The van der Waals surface area contributed by atoms with E-state index in [1.165, 1.54) is 0 Å². The maximum Gasteiger partial charge on any atom is 0.255 e. The quantitative estimate of drug-likeness (QED) is 0.922. The number of hydrogen-bond donors (Lipinski definition) is 1. The molecule has 2 aromatic heterocycles. The molecule has 0 spiro atoms. The molecule has 0 bridgehead atoms. The Morgan fingerprint density at radius 2 is 2.27 bits per heavy atom. The molecule has 0 aliphatic carbocycles. The number of imidazole rings is 1. The molecule has 5 nitrogen and oxygen atoms in total. The number of amides is 1. The Morgan fingerprint density at radius 1 is 1.45 bits per heavy atom. The van der Waals surface area contributed by atoms with E-state index in [-0.39, 0.29) is 5.91 Å². The Labute approximate surface area is 135 Å². The van der Waals surface area contributed by atoms with Crippen LogP contribution in [0.1, 0.15) is 28.8 Å². The summed E-state index contributed by atoms with van der Waals surface area (Å²) in [5.41, 5.74) is 1.81. The van der Waals surface area contributed by atoms with Crippen LogP contribution in [0.3, 0.4) is 0 Å². The summed E-state index contributed by atoms with van der Waals surface area (Å²) < 4.78 is 2.03. The van der Waals surface area contributed by atoms with E-state index < -0.39 is 0 Å². The van der Waals surface area contributed by atoms with Gasteiger partial charge in [-0.25, -0.2) is 4.98 Å². The molecule has 118 valence electrons. The van der Waals surface area contributed by atoms with E-state index in [4.69, 9.17) is 0 Å². The average Bonchev–Trinajstić information content (AvgIpc) is 3.20. The van der Waals surface area contributed by atoms with Gasteiger partial charge in [0, 0.05) is 43.9 Å². The number of carbonyl (C=O) groups excluding carboxylic acids is 1. The summed E-state index contributed by atoms with van der Waals surface area (Å²) in [4.78, 5) is 22.1. The molecule has 0 radical (unpaired) electrons. The molecule has 22 heavy (non-hydrogen) atoms. The number of aryl methyl sites for hydroxylation is 1. The Morgan fingerprint density at radius 3 is 2.91 bits per heavy atom. The normalized spacial score (nSPS) is 15.9. The van der Waals surface area contributed by atoms with Gasteiger partial charge >= 0.3 is 0 Å². The molecule has 6 heteroatoms. The fourth-order valence-corrected chi connectivity index (χ4v) is 4.00. The first-order chi connectivity index (χ1) is 10.8. The van der Waals surface area contributed by atoms with Gasteiger partial charge in [0.05, 0.1) is 11.9 Å². The number of H-pyrrole nitrogens is 1. The summed E-state index contributed by atoms with van der Waals surface area (Å²) in [5, 5.41) is 0. The summed E-state index contributed by atoms with van der Waals surface area (Å²) in [6.07, 6.45) is 11.4. The van der Waals surface area contributed by atoms with Gasteiger partial charge in [-0.2, -0.15) is 11.8 Å². The lowest BCUT2D eigenvalue weighted by Crippen LogP contribution is -2.44. The summed E-state index contributed by atoms with van der Waals surface area (Å²) in [7, 11) is 0. The van der Waals surface area contributed by atoms with Gasteiger partial charge in [-0.15, -0.1) is 0 Å². The van der Waals surface area contributed by atoms with Crippen LogP contribution in [0.2, 0.25) is 0 Å². The van der Waals surface area contributed by atoms with E-state index in [1.807, 2.05) is 41.8 Å². The number of nitrogens with zero attached hydrogens (tertiary/aromatic N) is 3. The molecule has 0 atom stereocenters. The lowest BCUT2D eigenvalue weighted by atomic mass is 10.1. The van der Waals surface area contributed by atoms with Gasteiger partial charge in [0.2, 0.25) is 0 Å². The summed E-state index contributed by atoms with van der Waals surface area (Å²) >= 11 is 1.98. The van der Waals surface area contributed by atoms with Crippen molar-refractivity contribution in [2.45, 2.75) is 32.4 Å². The molecular weight excluding hydrogens is 296 g/mol. The number of aromatic amines is 1. The Hall–Kier alpha value is -1.69. The van der Waals surface area contributed by atoms with E-state index in [9.17, 15) is 4.79 Å². The first-order valence-corrected chi connectivity index (χ1v) is 8.89. The molecule has 0 unspecified atom stereocenters. The van der Waals surface area contributed by atoms with Crippen molar-refractivity contribution >= 4 is 17.7 Å². The van der Waals surface area contributed by atoms with Crippen LogP contribution in [0.5, 0.6) is 0 Å². The highest BCUT2D eigenvalue weighted by atomic mass is 32.2. The second kappa shape index (κ2) is 7.05. The van der Waals surface area contributed by atoms with E-state index in [1.54, 1.807) is 12.5 Å². The third-order valence-corrected chi connectivity index (χ3v) is 5.28. The van der Waals surface area contributed by atoms with E-state index in [2.05, 4.69) is 14.9 Å². The van der Waals surface area contributed by atoms with Crippen LogP contribution in [0.4, 0.5) is 0 Å². The van der Waals surface area contributed by atoms with Crippen LogP contribution in [-0.2, 0) is 6.54 Å². The minimum atomic E-state index is 0.149. The summed E-state index contributed by atoms with van der Waals surface area (Å²) in [6, 6.07) is 0.353. The van der Waals surface area contributed by atoms with Crippen LogP contribution in [0.25, 0.3) is 0 Å². The zero-order valence-corrected chi connectivity index (χ0v) is 13.7. The van der Waals surface area contributed by atoms with Crippen molar-refractivity contribution in [2.75, 3.05) is 18.1 Å². The molecule has 3 heterocycles. The number of hydrogen-bond acceptors (Lipinski definition) is 3. The van der Waals surface area contributed by atoms with Crippen LogP contribution in [-0.4, -0.2) is 49.4 Å². The predicted octanol–water partition coefficient (Wildman–Crippen LogP) is 2.56. The molecule has 1 aliphatic rings. The third-order valence-electron chi connectivity index (χ3n) is 4.23. The van der Waals surface area contributed by atoms with Crippen LogP contribution < -0.4 is 0 Å². The number of carbonyl (C=O) groups is 1. The zero-order chi connectivity index (χ0) is 15.4. The van der Waals surface area contributed by atoms with E-state index in [0.717, 1.165) is 48.6 Å². The fourth-order valence-electron chi connectivity index (χ4n) is 2.92. The topological polar surface area (TPSA) is 53.9 Å². The lowest BCUT2D eigenvalue weighted by Gasteiger charge is -2.34. The number of thioether (sulfide) groups is 1. The molecule has 3 rings (SSSR count). The first-order valence-electron chi connectivity index (χ1n) is 7.73. The fraction of sp³-hybridized carbons (Fsp3) is 0.500. The van der Waals surface area contributed by atoms with Gasteiger partial charge in [0.15, 0.2) is 0 Å². The average molecular weight is 318 g/mol. The van der Waals surface area contributed by atoms with Gasteiger partial charge in [-0.1, -0.05) is 0 Å². The molecule has 1 N–H and O–H groups in total. The van der Waals surface area contributed by atoms with Crippen molar-refractivity contribution in [3.05, 3.63) is 42.2 Å². The largest absolute Gasteiger partial charge is 0.367 e. The number of nitrogens with one attached hydrogen (secondary N) is 1. The Kier molecular flexibility index (Phi) is 4.87. The molecule has 0 saturated carbocycles. The van der Waals surface area contributed by atoms with Crippen molar-refractivity contribution in [2.24, 2.45) is 0 Å². The number of rotatable bonds is 5. The summed E-state index contributed by atoms with van der Waals surface area (Å²) in [6.45, 7) is 3.50. The SMILES string of the molecule is Cc1c[nH]cc1C(=O)N(CCn1ccnc1)C1CCSCC1. The highest BCUT2D eigenvalue weighted by molar-refractivity contribution is 7.99. The van der Waals surface area contributed by atoms with Gasteiger partial charge < -0.3 is 14.5 Å². The van der Waals surface area contributed by atoms with E-state index >= 15 is 0 Å². The number of aromatic nitrogens is 3. The van der Waals surface area contributed by atoms with Gasteiger partial charge in [0.25, 0.3) is 5.91 Å². The molecule has 1 saturated heterocycles. The molecule has 1 amide bonds. The van der Waals surface area contributed by atoms with Crippen molar-refractivity contribution in [1.82, 2.24) is 19.4 Å². The minimum absolute atomic E-state index is 0.149. The lowest BCUT2D eigenvalue weighted by molar-refractivity contribution is 0.0658. The maximum absolute atomic E-state index is 13.0. The summed E-state index contributed by atoms with van der Waals surface area (Å²) in [5.74, 6) is 2.44. The first kappa shape index (κ1) is 15.2. The minimum Gasteiger partial charge on any atom is -0.367 e. The smallest absolute Gasteiger partial charge is 0.255 e. The molecular formula is C16H22N4OS. The highest BCUT2D eigenvalue weighted by Crippen LogP contribution is 2.24. The Bertz CT molecular complexity index is 601. The molecule has 2 aromatic rings. The van der Waals surface area contributed by atoms with Crippen molar-refractivity contribution in [1.29, 1.82) is 0 Å². The van der Waals surface area contributed by atoms with Gasteiger partial charge in [-0.3, -0.25) is 4.79 Å². The second-order valence-corrected chi connectivity index (χ2v) is 6.92. The van der Waals surface area contributed by atoms with E-state index in [0.29, 0.717) is 6.04 Å². The Balaban J connectivity index is 1.75. The van der Waals surface area contributed by atoms with Gasteiger partial charge in [0.1, 0.15) is 0 Å². The molecule has 1 fully saturated rings. The standard InChI is InChI=1S/C16H22N4OS/c1-13-10-18-11-15(13)16(21)20(14-2-8-22-9-3-14)7-6-19-5-4-17-12-19/h4-5,10-12,14,18H,2-3,6-9H2,1H3. The third kappa shape index (κ3) is 3.38. The van der Waals surface area contributed by atoms with Crippen molar-refractivity contribution in [3.8, 4) is 0 Å². The second-order valence-electron chi connectivity index (χ2n) is 5.69. The van der Waals surface area contributed by atoms with Crippen LogP contribution in [0, 0.1) is 6.92 Å². The zero-order valence-electron chi connectivity index (χ0n) is 12.9. The van der Waals surface area contributed by atoms with Crippen LogP contribution in [0.15, 0.2) is 31.1 Å². The van der Waals surface area contributed by atoms with Crippen molar-refractivity contribution in [3.63, 3.8) is 0 Å². The predicted molar refractivity (Wildman–Crippen MR) is 89.1 cm³/mol. The maximum atomic E-state index is 13.0. The molecule has 0 aromatic carbocycles. The van der Waals surface area contributed by atoms with Crippen LogP contribution >= 0.6 is 11.8 Å². The highest BCUT2D eigenvalue weighted by Gasteiger charge is 2.27. The monoisotopic (exact) mass is 318 g/mol. The molecule has 1 aliphatic heterocycles.